The average molecular weight is 289 g/mol. The van der Waals surface area contributed by atoms with E-state index < -0.39 is 5.97 Å². The zero-order valence-corrected chi connectivity index (χ0v) is 12.6. The van der Waals surface area contributed by atoms with Crippen molar-refractivity contribution in [1.82, 2.24) is 4.98 Å². The molecule has 0 atom stereocenters. The highest BCUT2D eigenvalue weighted by molar-refractivity contribution is 5.90. The van der Waals surface area contributed by atoms with Gasteiger partial charge in [-0.1, -0.05) is 0 Å². The molecule has 0 unspecified atom stereocenters. The van der Waals surface area contributed by atoms with Crippen LogP contribution in [0, 0.1) is 6.92 Å². The molecule has 0 spiro atoms. The van der Waals surface area contributed by atoms with Crippen LogP contribution in [-0.4, -0.2) is 32.2 Å². The van der Waals surface area contributed by atoms with Crippen molar-refractivity contribution < 1.29 is 13.9 Å². The summed E-state index contributed by atoms with van der Waals surface area (Å²) in [5.74, 6) is 1.67. The molecule has 0 fully saturated rings. The largest absolute Gasteiger partial charge is 0.465 e. The highest BCUT2D eigenvalue weighted by Crippen LogP contribution is 2.22. The molecule has 6 heteroatoms. The summed E-state index contributed by atoms with van der Waals surface area (Å²) in [5, 5.41) is 3.26. The zero-order valence-electron chi connectivity index (χ0n) is 12.6. The van der Waals surface area contributed by atoms with Crippen LogP contribution in [0.5, 0.6) is 0 Å². The third kappa shape index (κ3) is 3.34. The van der Waals surface area contributed by atoms with Gasteiger partial charge in [0.05, 0.1) is 19.3 Å². The van der Waals surface area contributed by atoms with Crippen LogP contribution in [0.1, 0.15) is 21.9 Å². The summed E-state index contributed by atoms with van der Waals surface area (Å²) < 4.78 is 10.3. The minimum Gasteiger partial charge on any atom is -0.465 e. The van der Waals surface area contributed by atoms with Crippen molar-refractivity contribution in [2.45, 2.75) is 13.5 Å². The first kappa shape index (κ1) is 14.9. The average Bonchev–Trinajstić information content (AvgIpc) is 2.85. The second kappa shape index (κ2) is 6.30. The third-order valence-corrected chi connectivity index (χ3v) is 3.04. The molecule has 0 saturated carbocycles. The molecule has 112 valence electrons. The number of aryl methyl sites for hydroxylation is 1. The molecule has 0 saturated heterocycles. The van der Waals surface area contributed by atoms with Crippen molar-refractivity contribution >= 4 is 17.5 Å². The number of furan rings is 1. The minimum absolute atomic E-state index is 0.391. The maximum atomic E-state index is 11.5. The summed E-state index contributed by atoms with van der Waals surface area (Å²) in [5.41, 5.74) is 1.35. The summed E-state index contributed by atoms with van der Waals surface area (Å²) >= 11 is 0. The topological polar surface area (TPSA) is 67.6 Å². The molecule has 0 aliphatic heterocycles. The number of nitrogens with one attached hydrogen (secondary N) is 1. The Morgan fingerprint density at radius 2 is 2.24 bits per heavy atom. The van der Waals surface area contributed by atoms with E-state index in [1.165, 1.54) is 7.11 Å². The van der Waals surface area contributed by atoms with Crippen LogP contribution in [0.4, 0.5) is 11.5 Å². The number of hydrogen-bond acceptors (Lipinski definition) is 6. The quantitative estimate of drug-likeness (QED) is 0.853. The molecular weight excluding hydrogens is 270 g/mol. The first-order valence-corrected chi connectivity index (χ1v) is 6.56. The number of aromatic nitrogens is 1. The van der Waals surface area contributed by atoms with Crippen molar-refractivity contribution in [3.63, 3.8) is 0 Å². The van der Waals surface area contributed by atoms with Crippen LogP contribution in [0.15, 0.2) is 28.8 Å². The molecule has 0 aliphatic rings. The Morgan fingerprint density at radius 3 is 2.90 bits per heavy atom. The van der Waals surface area contributed by atoms with E-state index in [2.05, 4.69) is 10.3 Å². The van der Waals surface area contributed by atoms with Gasteiger partial charge in [-0.15, -0.1) is 0 Å². The maximum Gasteiger partial charge on any atom is 0.341 e. The van der Waals surface area contributed by atoms with E-state index >= 15 is 0 Å². The van der Waals surface area contributed by atoms with Gasteiger partial charge in [-0.2, -0.15) is 0 Å². The van der Waals surface area contributed by atoms with Gasteiger partial charge in [0, 0.05) is 20.3 Å². The fourth-order valence-corrected chi connectivity index (χ4v) is 2.02. The Bertz CT molecular complexity index is 635. The lowest BCUT2D eigenvalue weighted by atomic mass is 10.2. The summed E-state index contributed by atoms with van der Waals surface area (Å²) in [6.07, 6.45) is 1.74. The molecule has 0 amide bonds. The Kier molecular flexibility index (Phi) is 4.47. The first-order chi connectivity index (χ1) is 10.0. The van der Waals surface area contributed by atoms with E-state index in [1.54, 1.807) is 19.2 Å². The van der Waals surface area contributed by atoms with Gasteiger partial charge in [0.1, 0.15) is 17.1 Å². The number of rotatable bonds is 5. The molecule has 6 nitrogen and oxygen atoms in total. The number of ether oxygens (including phenoxy) is 1. The molecule has 2 heterocycles. The molecule has 0 aromatic carbocycles. The van der Waals surface area contributed by atoms with E-state index in [0.717, 1.165) is 11.5 Å². The number of carbonyl (C=O) groups excluding carboxylic acids is 1. The predicted molar refractivity (Wildman–Crippen MR) is 80.7 cm³/mol. The number of pyridine rings is 1. The van der Waals surface area contributed by atoms with Crippen molar-refractivity contribution in [1.29, 1.82) is 0 Å². The van der Waals surface area contributed by atoms with E-state index in [-0.39, 0.29) is 0 Å². The normalized spacial score (nSPS) is 10.3. The van der Waals surface area contributed by atoms with Gasteiger partial charge in [-0.25, -0.2) is 9.78 Å². The number of esters is 1. The number of methoxy groups -OCH3 is 1. The minimum atomic E-state index is -0.391. The summed E-state index contributed by atoms with van der Waals surface area (Å²) in [7, 11) is 5.21. The third-order valence-electron chi connectivity index (χ3n) is 3.04. The van der Waals surface area contributed by atoms with Crippen LogP contribution in [0.2, 0.25) is 0 Å². The highest BCUT2D eigenvalue weighted by Gasteiger charge is 2.15. The van der Waals surface area contributed by atoms with Crippen molar-refractivity contribution in [3.05, 3.63) is 41.5 Å². The lowest BCUT2D eigenvalue weighted by Crippen LogP contribution is -2.13. The van der Waals surface area contributed by atoms with E-state index in [0.29, 0.717) is 23.6 Å². The fourth-order valence-electron chi connectivity index (χ4n) is 2.02. The monoisotopic (exact) mass is 289 g/mol. The highest BCUT2D eigenvalue weighted by atomic mass is 16.5. The van der Waals surface area contributed by atoms with Gasteiger partial charge in [-0.05, 0) is 25.1 Å². The molecular formula is C15H19N3O3. The predicted octanol–water partition coefficient (Wildman–Crippen LogP) is 2.45. The Hall–Kier alpha value is -2.50. The van der Waals surface area contributed by atoms with Gasteiger partial charge in [0.15, 0.2) is 5.82 Å². The number of hydrogen-bond donors (Lipinski definition) is 1. The molecule has 2 aromatic rings. The van der Waals surface area contributed by atoms with Gasteiger partial charge in [0.2, 0.25) is 0 Å². The van der Waals surface area contributed by atoms with Gasteiger partial charge in [-0.3, -0.25) is 0 Å². The van der Waals surface area contributed by atoms with Gasteiger partial charge < -0.3 is 19.4 Å². The molecule has 2 rings (SSSR count). The summed E-state index contributed by atoms with van der Waals surface area (Å²) in [6.45, 7) is 2.20. The lowest BCUT2D eigenvalue weighted by Gasteiger charge is -2.16. The molecule has 0 radical (unpaired) electrons. The van der Waals surface area contributed by atoms with E-state index in [4.69, 9.17) is 9.15 Å². The van der Waals surface area contributed by atoms with Gasteiger partial charge in [0.25, 0.3) is 0 Å². The molecule has 21 heavy (non-hydrogen) atoms. The van der Waals surface area contributed by atoms with Crippen molar-refractivity contribution in [3.8, 4) is 0 Å². The molecule has 0 bridgehead atoms. The zero-order chi connectivity index (χ0) is 15.4. The Labute approximate surface area is 123 Å². The van der Waals surface area contributed by atoms with Crippen LogP contribution >= 0.6 is 0 Å². The number of carbonyl (C=O) groups is 1. The lowest BCUT2D eigenvalue weighted by molar-refractivity contribution is 0.0599. The van der Waals surface area contributed by atoms with Crippen LogP contribution in [-0.2, 0) is 11.3 Å². The smallest absolute Gasteiger partial charge is 0.341 e. The van der Waals surface area contributed by atoms with Gasteiger partial charge >= 0.3 is 5.97 Å². The standard InChI is InChI=1S/C15H19N3O3/c1-10-12(15(19)20-4)8-11(21-10)9-17-13-6-5-7-16-14(13)18(2)3/h5-8,17H,9H2,1-4H3. The molecule has 0 aliphatic carbocycles. The van der Waals surface area contributed by atoms with Crippen LogP contribution < -0.4 is 10.2 Å². The van der Waals surface area contributed by atoms with E-state index in [1.807, 2.05) is 31.1 Å². The number of anilines is 2. The second-order valence-corrected chi connectivity index (χ2v) is 4.80. The van der Waals surface area contributed by atoms with Crippen LogP contribution in [0.3, 0.4) is 0 Å². The maximum absolute atomic E-state index is 11.5. The Balaban J connectivity index is 2.12. The SMILES string of the molecule is COC(=O)c1cc(CNc2cccnc2N(C)C)oc1C. The Morgan fingerprint density at radius 1 is 1.48 bits per heavy atom. The van der Waals surface area contributed by atoms with E-state index in [9.17, 15) is 4.79 Å². The molecule has 2 aromatic heterocycles. The second-order valence-electron chi connectivity index (χ2n) is 4.80. The fraction of sp³-hybridized carbons (Fsp3) is 0.333. The number of nitrogens with zero attached hydrogens (tertiary/aromatic N) is 2. The molecule has 1 N–H and O–H groups in total. The van der Waals surface area contributed by atoms with Crippen LogP contribution in [0.25, 0.3) is 0 Å². The first-order valence-electron chi connectivity index (χ1n) is 6.56. The summed E-state index contributed by atoms with van der Waals surface area (Å²) in [4.78, 5) is 17.8. The van der Waals surface area contributed by atoms with Crippen molar-refractivity contribution in [2.24, 2.45) is 0 Å². The van der Waals surface area contributed by atoms with Crippen molar-refractivity contribution in [2.75, 3.05) is 31.4 Å². The summed E-state index contributed by atoms with van der Waals surface area (Å²) in [6, 6.07) is 5.50.